The summed E-state index contributed by atoms with van der Waals surface area (Å²) in [6.07, 6.45) is 3.12. The highest BCUT2D eigenvalue weighted by atomic mass is 16.3. The molecule has 0 aliphatic heterocycles. The lowest BCUT2D eigenvalue weighted by atomic mass is 10.0. The van der Waals surface area contributed by atoms with Gasteiger partial charge in [-0.05, 0) is 12.5 Å². The molecule has 0 aliphatic rings. The summed E-state index contributed by atoms with van der Waals surface area (Å²) < 4.78 is 5.24. The van der Waals surface area contributed by atoms with Crippen molar-refractivity contribution in [2.75, 3.05) is 0 Å². The number of hydrogen-bond acceptors (Lipinski definition) is 3. The van der Waals surface area contributed by atoms with E-state index >= 15 is 0 Å². The lowest BCUT2D eigenvalue weighted by molar-refractivity contribution is 0.570. The molecular weight excluding hydrogens is 176 g/mol. The van der Waals surface area contributed by atoms with E-state index in [1.165, 1.54) is 6.39 Å². The first kappa shape index (κ1) is 8.97. The molecule has 0 saturated carbocycles. The lowest BCUT2D eigenvalue weighted by Gasteiger charge is -2.09. The molecule has 14 heavy (non-hydrogen) atoms. The molecular formula is C11H12N2O. The van der Waals surface area contributed by atoms with Crippen LogP contribution in [0.5, 0.6) is 0 Å². The molecule has 0 aliphatic carbocycles. The van der Waals surface area contributed by atoms with Gasteiger partial charge in [0.2, 0.25) is 0 Å². The predicted molar refractivity (Wildman–Crippen MR) is 54.5 cm³/mol. The minimum atomic E-state index is -0.00343. The van der Waals surface area contributed by atoms with Gasteiger partial charge in [-0.3, -0.25) is 0 Å². The number of oxazole rings is 1. The van der Waals surface area contributed by atoms with Crippen molar-refractivity contribution in [3.05, 3.63) is 42.4 Å². The zero-order chi connectivity index (χ0) is 9.97. The van der Waals surface area contributed by atoms with E-state index in [4.69, 9.17) is 10.2 Å². The van der Waals surface area contributed by atoms with Gasteiger partial charge in [0.25, 0.3) is 0 Å². The van der Waals surface area contributed by atoms with Crippen LogP contribution in [0.15, 0.2) is 41.3 Å². The van der Waals surface area contributed by atoms with Gasteiger partial charge >= 0.3 is 0 Å². The number of hydrogen-bond donors (Lipinski definition) is 1. The maximum Gasteiger partial charge on any atom is 0.181 e. The first-order chi connectivity index (χ1) is 6.79. The van der Waals surface area contributed by atoms with Gasteiger partial charge in [-0.1, -0.05) is 24.3 Å². The Kier molecular flexibility index (Phi) is 2.33. The number of rotatable bonds is 2. The highest BCUT2D eigenvalue weighted by Gasteiger charge is 2.09. The monoisotopic (exact) mass is 188 g/mol. The van der Waals surface area contributed by atoms with E-state index in [0.717, 1.165) is 16.9 Å². The Balaban J connectivity index is 2.53. The standard InChI is InChI=1S/C11H12N2O/c1-8(12)9-4-2-3-5-10(9)11-6-13-7-14-11/h2-8H,12H2,1H3. The third kappa shape index (κ3) is 1.54. The first-order valence-electron chi connectivity index (χ1n) is 4.52. The largest absolute Gasteiger partial charge is 0.444 e. The molecule has 0 saturated heterocycles. The van der Waals surface area contributed by atoms with Gasteiger partial charge in [-0.15, -0.1) is 0 Å². The lowest BCUT2D eigenvalue weighted by Crippen LogP contribution is -2.06. The topological polar surface area (TPSA) is 52.0 Å². The molecule has 3 nitrogen and oxygen atoms in total. The molecule has 2 rings (SSSR count). The van der Waals surface area contributed by atoms with Crippen molar-refractivity contribution >= 4 is 0 Å². The van der Waals surface area contributed by atoms with Crippen LogP contribution in [0.1, 0.15) is 18.5 Å². The molecule has 0 radical (unpaired) electrons. The van der Waals surface area contributed by atoms with Crippen LogP contribution in [0.25, 0.3) is 11.3 Å². The Bertz CT molecular complexity index is 407. The summed E-state index contributed by atoms with van der Waals surface area (Å²) in [5.74, 6) is 0.762. The third-order valence-corrected chi connectivity index (χ3v) is 2.15. The zero-order valence-corrected chi connectivity index (χ0v) is 7.97. The molecule has 1 aromatic heterocycles. The Hall–Kier alpha value is -1.61. The second-order valence-electron chi connectivity index (χ2n) is 3.24. The van der Waals surface area contributed by atoms with Crippen LogP contribution in [-0.2, 0) is 0 Å². The van der Waals surface area contributed by atoms with Crippen LogP contribution in [-0.4, -0.2) is 4.98 Å². The van der Waals surface area contributed by atoms with E-state index in [1.54, 1.807) is 6.20 Å². The number of nitrogens with zero attached hydrogens (tertiary/aromatic N) is 1. The van der Waals surface area contributed by atoms with Crippen molar-refractivity contribution in [2.45, 2.75) is 13.0 Å². The summed E-state index contributed by atoms with van der Waals surface area (Å²) in [6, 6.07) is 7.92. The van der Waals surface area contributed by atoms with Crippen molar-refractivity contribution in [3.63, 3.8) is 0 Å². The minimum Gasteiger partial charge on any atom is -0.444 e. The molecule has 1 heterocycles. The Labute approximate surface area is 82.6 Å². The molecule has 0 amide bonds. The molecule has 1 unspecified atom stereocenters. The Morgan fingerprint density at radius 2 is 2.14 bits per heavy atom. The zero-order valence-electron chi connectivity index (χ0n) is 7.97. The summed E-state index contributed by atoms with van der Waals surface area (Å²) in [4.78, 5) is 3.89. The fourth-order valence-corrected chi connectivity index (χ4v) is 1.47. The molecule has 3 heteroatoms. The van der Waals surface area contributed by atoms with Gasteiger partial charge in [-0.2, -0.15) is 0 Å². The molecule has 1 aromatic carbocycles. The molecule has 1 atom stereocenters. The van der Waals surface area contributed by atoms with E-state index in [1.807, 2.05) is 31.2 Å². The smallest absolute Gasteiger partial charge is 0.181 e. The molecule has 2 aromatic rings. The molecule has 0 bridgehead atoms. The second-order valence-corrected chi connectivity index (χ2v) is 3.24. The van der Waals surface area contributed by atoms with E-state index in [-0.39, 0.29) is 6.04 Å². The summed E-state index contributed by atoms with van der Waals surface area (Å²) in [7, 11) is 0. The van der Waals surface area contributed by atoms with Crippen molar-refractivity contribution in [1.29, 1.82) is 0 Å². The fraction of sp³-hybridized carbons (Fsp3) is 0.182. The van der Waals surface area contributed by atoms with E-state index < -0.39 is 0 Å². The van der Waals surface area contributed by atoms with Crippen LogP contribution < -0.4 is 5.73 Å². The Morgan fingerprint density at radius 3 is 2.79 bits per heavy atom. The summed E-state index contributed by atoms with van der Waals surface area (Å²) in [6.45, 7) is 1.95. The predicted octanol–water partition coefficient (Wildman–Crippen LogP) is 2.36. The van der Waals surface area contributed by atoms with Crippen molar-refractivity contribution in [3.8, 4) is 11.3 Å². The van der Waals surface area contributed by atoms with Crippen molar-refractivity contribution < 1.29 is 4.42 Å². The second kappa shape index (κ2) is 3.64. The quantitative estimate of drug-likeness (QED) is 0.787. The highest BCUT2D eigenvalue weighted by Crippen LogP contribution is 2.26. The molecule has 0 spiro atoms. The first-order valence-corrected chi connectivity index (χ1v) is 4.52. The van der Waals surface area contributed by atoms with Gasteiger partial charge in [0.15, 0.2) is 12.2 Å². The maximum absolute atomic E-state index is 5.86. The van der Waals surface area contributed by atoms with E-state index in [0.29, 0.717) is 0 Å². The number of nitrogens with two attached hydrogens (primary N) is 1. The summed E-state index contributed by atoms with van der Waals surface area (Å²) in [5, 5.41) is 0. The SMILES string of the molecule is CC(N)c1ccccc1-c1cnco1. The van der Waals surface area contributed by atoms with Crippen molar-refractivity contribution in [2.24, 2.45) is 5.73 Å². The third-order valence-electron chi connectivity index (χ3n) is 2.15. The summed E-state index contributed by atoms with van der Waals surface area (Å²) >= 11 is 0. The maximum atomic E-state index is 5.86. The number of benzene rings is 1. The average Bonchev–Trinajstić information content (AvgIpc) is 2.70. The van der Waals surface area contributed by atoms with Crippen LogP contribution in [0.2, 0.25) is 0 Å². The van der Waals surface area contributed by atoms with E-state index in [2.05, 4.69) is 4.98 Å². The van der Waals surface area contributed by atoms with Gasteiger partial charge in [0.05, 0.1) is 6.20 Å². The molecule has 0 fully saturated rings. The van der Waals surface area contributed by atoms with Gasteiger partial charge < -0.3 is 10.2 Å². The van der Waals surface area contributed by atoms with Crippen LogP contribution in [0.4, 0.5) is 0 Å². The van der Waals surface area contributed by atoms with E-state index in [9.17, 15) is 0 Å². The molecule has 72 valence electrons. The average molecular weight is 188 g/mol. The Morgan fingerprint density at radius 1 is 1.36 bits per heavy atom. The molecule has 2 N–H and O–H groups in total. The summed E-state index contributed by atoms with van der Waals surface area (Å²) in [5.41, 5.74) is 7.95. The fourth-order valence-electron chi connectivity index (χ4n) is 1.47. The van der Waals surface area contributed by atoms with Crippen LogP contribution >= 0.6 is 0 Å². The minimum absolute atomic E-state index is 0.00343. The normalized spacial score (nSPS) is 12.7. The van der Waals surface area contributed by atoms with Crippen molar-refractivity contribution in [1.82, 2.24) is 4.98 Å². The van der Waals surface area contributed by atoms with Crippen LogP contribution in [0, 0.1) is 0 Å². The van der Waals surface area contributed by atoms with Gasteiger partial charge in [0, 0.05) is 11.6 Å². The van der Waals surface area contributed by atoms with Gasteiger partial charge in [-0.25, -0.2) is 4.98 Å². The highest BCUT2D eigenvalue weighted by molar-refractivity contribution is 5.61. The van der Waals surface area contributed by atoms with Crippen LogP contribution in [0.3, 0.4) is 0 Å². The number of aromatic nitrogens is 1. The van der Waals surface area contributed by atoms with Gasteiger partial charge in [0.1, 0.15) is 0 Å².